The number of nitrogens with two attached hydrogens (primary N) is 2. The van der Waals surface area contributed by atoms with Gasteiger partial charge in [-0.25, -0.2) is 9.59 Å². The van der Waals surface area contributed by atoms with Crippen molar-refractivity contribution in [2.45, 2.75) is 76.5 Å². The molecule has 0 radical (unpaired) electrons. The number of rotatable bonds is 8. The Morgan fingerprint density at radius 2 is 1.61 bits per heavy atom. The molecule has 1 aliphatic heterocycles. The number of urea groups is 1. The number of hydrogen-bond donors (Lipinski definition) is 3. The summed E-state index contributed by atoms with van der Waals surface area (Å²) >= 11 is 0. The average molecular weight is 565 g/mol. The zero-order chi connectivity index (χ0) is 29.1. The number of piperazine rings is 1. The Morgan fingerprint density at radius 1 is 0.976 bits per heavy atom. The van der Waals surface area contributed by atoms with Gasteiger partial charge in [0.25, 0.3) is 0 Å². The lowest BCUT2D eigenvalue weighted by molar-refractivity contribution is -0.137. The third-order valence-corrected chi connectivity index (χ3v) is 8.49. The van der Waals surface area contributed by atoms with Crippen LogP contribution in [0.3, 0.4) is 0 Å². The fourth-order valence-electron chi connectivity index (χ4n) is 5.82. The van der Waals surface area contributed by atoms with Gasteiger partial charge in [0.15, 0.2) is 0 Å². The van der Waals surface area contributed by atoms with Crippen molar-refractivity contribution >= 4 is 17.8 Å². The second kappa shape index (κ2) is 12.3. The summed E-state index contributed by atoms with van der Waals surface area (Å²) in [5.74, 6) is 0.879. The normalized spacial score (nSPS) is 21.7. The Hall–Kier alpha value is -3.28. The van der Waals surface area contributed by atoms with E-state index in [0.717, 1.165) is 37.5 Å². The van der Waals surface area contributed by atoms with E-state index in [-0.39, 0.29) is 17.8 Å². The molecule has 2 saturated carbocycles. The highest BCUT2D eigenvalue weighted by molar-refractivity contribution is 5.89. The highest BCUT2D eigenvalue weighted by Crippen LogP contribution is 2.33. The van der Waals surface area contributed by atoms with Gasteiger partial charge >= 0.3 is 11.7 Å². The van der Waals surface area contributed by atoms with Crippen molar-refractivity contribution in [2.24, 2.45) is 17.4 Å². The van der Waals surface area contributed by atoms with Crippen molar-refractivity contribution in [3.63, 3.8) is 0 Å². The summed E-state index contributed by atoms with van der Waals surface area (Å²) in [5, 5.41) is 2.71. The van der Waals surface area contributed by atoms with Gasteiger partial charge in [0, 0.05) is 57.5 Å². The van der Waals surface area contributed by atoms with Gasteiger partial charge in [-0.1, -0.05) is 12.1 Å². The Labute approximate surface area is 241 Å². The number of amides is 3. The molecule has 1 aromatic heterocycles. The summed E-state index contributed by atoms with van der Waals surface area (Å²) in [5.41, 5.74) is 12.6. The summed E-state index contributed by atoms with van der Waals surface area (Å²) < 4.78 is 1.48. The van der Waals surface area contributed by atoms with Crippen LogP contribution >= 0.6 is 0 Å². The Bertz CT molecular complexity index is 1270. The van der Waals surface area contributed by atoms with E-state index in [4.69, 9.17) is 11.5 Å². The molecule has 2 aliphatic carbocycles. The fraction of sp³-hybridized carbons (Fsp3) is 0.600. The number of carbonyl (C=O) groups excluding carboxylic acids is 2. The Kier molecular flexibility index (Phi) is 8.77. The van der Waals surface area contributed by atoms with Crippen LogP contribution in [0.2, 0.25) is 0 Å². The first-order chi connectivity index (χ1) is 19.6. The molecule has 11 heteroatoms. The van der Waals surface area contributed by atoms with Crippen LogP contribution in [-0.2, 0) is 11.3 Å². The van der Waals surface area contributed by atoms with Crippen LogP contribution < -0.4 is 22.5 Å². The van der Waals surface area contributed by atoms with Crippen molar-refractivity contribution in [2.75, 3.05) is 38.0 Å². The van der Waals surface area contributed by atoms with Crippen LogP contribution in [0.15, 0.2) is 41.3 Å². The summed E-state index contributed by atoms with van der Waals surface area (Å²) in [4.78, 5) is 48.0. The van der Waals surface area contributed by atoms with Crippen molar-refractivity contribution in [1.82, 2.24) is 24.3 Å². The summed E-state index contributed by atoms with van der Waals surface area (Å²) in [7, 11) is 0. The van der Waals surface area contributed by atoms with E-state index in [1.54, 1.807) is 35.9 Å². The van der Waals surface area contributed by atoms with E-state index in [0.29, 0.717) is 38.3 Å². The number of nitrogens with zero attached hydrogens (tertiary/aromatic N) is 5. The van der Waals surface area contributed by atoms with Gasteiger partial charge in [0.1, 0.15) is 5.82 Å². The van der Waals surface area contributed by atoms with Crippen LogP contribution in [0.4, 0.5) is 10.6 Å². The Morgan fingerprint density at radius 3 is 2.20 bits per heavy atom. The van der Waals surface area contributed by atoms with Gasteiger partial charge in [-0.3, -0.25) is 19.6 Å². The summed E-state index contributed by atoms with van der Waals surface area (Å²) in [6.45, 7) is 6.98. The number of benzene rings is 1. The standard InChI is InChI=1S/C30H44N8O3/c1-30(2,32)27(39)35-15-17-36(18-16-35)28(40)33-26-13-14-38(29(41)34-26)25-9-5-22(6-10-25)20-37(19-21-3-4-21)24-11-7-23(31)8-12-24/h5-6,9-10,13-14,21,23-24H,3-4,7-8,11-12,15-20,31-32H2,1-2H3,(H,33,34,40,41). The van der Waals surface area contributed by atoms with Crippen molar-refractivity contribution in [3.05, 3.63) is 52.6 Å². The van der Waals surface area contributed by atoms with Gasteiger partial charge < -0.3 is 21.3 Å². The number of nitrogens with one attached hydrogen (secondary N) is 1. The SMILES string of the molecule is CC(C)(N)C(=O)N1CCN(C(=O)Nc2ccn(-c3ccc(CN(CC4CC4)C4CCC(N)CC4)cc3)c(=O)n2)CC1. The molecule has 222 valence electrons. The van der Waals surface area contributed by atoms with E-state index >= 15 is 0 Å². The summed E-state index contributed by atoms with van der Waals surface area (Å²) in [6.07, 6.45) is 8.82. The maximum Gasteiger partial charge on any atom is 0.354 e. The first-order valence-corrected chi connectivity index (χ1v) is 14.9. The molecule has 0 unspecified atom stereocenters. The maximum atomic E-state index is 12.8. The van der Waals surface area contributed by atoms with Crippen LogP contribution in [0.5, 0.6) is 0 Å². The lowest BCUT2D eigenvalue weighted by Gasteiger charge is -2.37. The molecular weight excluding hydrogens is 520 g/mol. The molecule has 0 bridgehead atoms. The van der Waals surface area contributed by atoms with E-state index in [2.05, 4.69) is 27.3 Å². The molecule has 5 N–H and O–H groups in total. The zero-order valence-electron chi connectivity index (χ0n) is 24.3. The van der Waals surface area contributed by atoms with Gasteiger partial charge in [-0.2, -0.15) is 4.98 Å². The van der Waals surface area contributed by atoms with Crippen LogP contribution in [0.25, 0.3) is 5.69 Å². The monoisotopic (exact) mass is 564 g/mol. The lowest BCUT2D eigenvalue weighted by Crippen LogP contribution is -2.58. The van der Waals surface area contributed by atoms with Crippen molar-refractivity contribution in [3.8, 4) is 5.69 Å². The molecule has 41 heavy (non-hydrogen) atoms. The van der Waals surface area contributed by atoms with Crippen molar-refractivity contribution < 1.29 is 9.59 Å². The number of carbonyl (C=O) groups is 2. The maximum absolute atomic E-state index is 12.8. The second-order valence-electron chi connectivity index (χ2n) is 12.5. The van der Waals surface area contributed by atoms with Gasteiger partial charge in [-0.05, 0) is 82.1 Å². The molecule has 5 rings (SSSR count). The van der Waals surface area contributed by atoms with Crippen LogP contribution in [0.1, 0.15) is 57.9 Å². The average Bonchev–Trinajstić information content (AvgIpc) is 3.77. The first-order valence-electron chi connectivity index (χ1n) is 14.9. The highest BCUT2D eigenvalue weighted by Gasteiger charge is 2.32. The first kappa shape index (κ1) is 29.2. The molecule has 3 aliphatic rings. The van der Waals surface area contributed by atoms with E-state index < -0.39 is 11.2 Å². The van der Waals surface area contributed by atoms with Crippen molar-refractivity contribution in [1.29, 1.82) is 0 Å². The van der Waals surface area contributed by atoms with Crippen LogP contribution in [0, 0.1) is 5.92 Å². The Balaban J connectivity index is 1.17. The molecule has 3 fully saturated rings. The van der Waals surface area contributed by atoms with E-state index in [9.17, 15) is 14.4 Å². The molecule has 0 atom stereocenters. The lowest BCUT2D eigenvalue weighted by atomic mass is 9.90. The van der Waals surface area contributed by atoms with E-state index in [1.165, 1.54) is 35.8 Å². The molecule has 2 aromatic rings. The molecule has 0 spiro atoms. The van der Waals surface area contributed by atoms with E-state index in [1.807, 2.05) is 12.1 Å². The molecular formula is C30H44N8O3. The number of hydrogen-bond acceptors (Lipinski definition) is 7. The fourth-order valence-corrected chi connectivity index (χ4v) is 5.82. The number of aromatic nitrogens is 2. The molecule has 3 amide bonds. The molecule has 1 aromatic carbocycles. The molecule has 2 heterocycles. The smallest absolute Gasteiger partial charge is 0.338 e. The largest absolute Gasteiger partial charge is 0.354 e. The highest BCUT2D eigenvalue weighted by atomic mass is 16.2. The topological polar surface area (TPSA) is 143 Å². The van der Waals surface area contributed by atoms with Gasteiger partial charge in [0.2, 0.25) is 5.91 Å². The third-order valence-electron chi connectivity index (χ3n) is 8.49. The quantitative estimate of drug-likeness (QED) is 0.446. The third kappa shape index (κ3) is 7.52. The van der Waals surface area contributed by atoms with Gasteiger partial charge in [0.05, 0.1) is 11.2 Å². The minimum atomic E-state index is -0.945. The predicted octanol–water partition coefficient (Wildman–Crippen LogP) is 2.13. The number of anilines is 1. The molecule has 1 saturated heterocycles. The van der Waals surface area contributed by atoms with Crippen LogP contribution in [-0.4, -0.2) is 86.5 Å². The predicted molar refractivity (Wildman–Crippen MR) is 159 cm³/mol. The summed E-state index contributed by atoms with van der Waals surface area (Å²) in [6, 6.07) is 10.3. The molecule has 11 nitrogen and oxygen atoms in total. The second-order valence-corrected chi connectivity index (χ2v) is 12.5. The van der Waals surface area contributed by atoms with Gasteiger partial charge in [-0.15, -0.1) is 0 Å². The minimum absolute atomic E-state index is 0.138. The zero-order valence-corrected chi connectivity index (χ0v) is 24.3. The minimum Gasteiger partial charge on any atom is -0.338 e.